The lowest BCUT2D eigenvalue weighted by Crippen LogP contribution is -2.74. The van der Waals surface area contributed by atoms with E-state index >= 15 is 0 Å². The van der Waals surface area contributed by atoms with Crippen LogP contribution in [0.25, 0.3) is 11.3 Å². The van der Waals surface area contributed by atoms with E-state index in [0.29, 0.717) is 28.1 Å². The van der Waals surface area contributed by atoms with Gasteiger partial charge in [0.05, 0.1) is 23.2 Å². The lowest BCUT2D eigenvalue weighted by molar-refractivity contribution is -0.181. The number of hydrogen-bond acceptors (Lipinski definition) is 10. The second kappa shape index (κ2) is 9.65. The maximum atomic E-state index is 14.0. The third kappa shape index (κ3) is 3.86. The smallest absolute Gasteiger partial charge is 0.235 e. The summed E-state index contributed by atoms with van der Waals surface area (Å²) in [6.07, 6.45) is 3.66. The van der Waals surface area contributed by atoms with Crippen LogP contribution < -0.4 is 5.73 Å². The van der Waals surface area contributed by atoms with E-state index in [2.05, 4.69) is 4.98 Å². The number of phenolic OH excluding ortho intramolecular Hbond substituents is 1. The Balaban J connectivity index is 1.70. The molecule has 6 atom stereocenters. The maximum absolute atomic E-state index is 14.0. The molecule has 0 aliphatic heterocycles. The van der Waals surface area contributed by atoms with Crippen LogP contribution in [-0.2, 0) is 31.4 Å². The highest BCUT2D eigenvalue weighted by molar-refractivity contribution is 7.97. The molecule has 2 unspecified atom stereocenters. The molecule has 2 aromatic rings. The normalized spacial score (nSPS) is 30.1. The number of phenols is 1. The molecule has 0 spiro atoms. The molecule has 1 aromatic carbocycles. The molecule has 204 valence electrons. The van der Waals surface area contributed by atoms with Gasteiger partial charge >= 0.3 is 0 Å². The van der Waals surface area contributed by atoms with Crippen molar-refractivity contribution in [2.24, 2.45) is 29.4 Å². The number of aromatic hydroxyl groups is 1. The van der Waals surface area contributed by atoms with E-state index in [-0.39, 0.29) is 24.2 Å². The predicted molar refractivity (Wildman–Crippen MR) is 142 cm³/mol. The van der Waals surface area contributed by atoms with E-state index in [9.17, 15) is 34.2 Å². The second-order valence-corrected chi connectivity index (χ2v) is 11.6. The number of nitrogens with zero attached hydrogens (tertiary/aromatic N) is 2. The number of carbonyl (C=O) groups excluding carboxylic acids is 5. The molecular formula is C28H29N3O7S. The van der Waals surface area contributed by atoms with Crippen molar-refractivity contribution in [2.75, 3.05) is 20.4 Å². The lowest BCUT2D eigenvalue weighted by Gasteiger charge is -2.52. The summed E-state index contributed by atoms with van der Waals surface area (Å²) in [6, 6.07) is 6.03. The molecule has 11 heteroatoms. The van der Waals surface area contributed by atoms with Crippen molar-refractivity contribution in [3.63, 3.8) is 0 Å². The molecule has 1 aromatic heterocycles. The molecule has 39 heavy (non-hydrogen) atoms. The molecule has 1 amide bonds. The van der Waals surface area contributed by atoms with Crippen LogP contribution in [0.4, 0.5) is 0 Å². The number of pyridine rings is 1. The molecule has 2 saturated carbocycles. The first-order chi connectivity index (χ1) is 18.4. The van der Waals surface area contributed by atoms with Crippen LogP contribution in [0.5, 0.6) is 5.75 Å². The quantitative estimate of drug-likeness (QED) is 0.452. The molecule has 10 nitrogen and oxygen atoms in total. The van der Waals surface area contributed by atoms with Gasteiger partial charge in [0.2, 0.25) is 5.91 Å². The summed E-state index contributed by atoms with van der Waals surface area (Å²) in [4.78, 5) is 72.7. The first kappa shape index (κ1) is 27.2. The molecule has 1 heterocycles. The standard InChI is InChI=1S/C28H29N3O7S/c1-31(2)21-16-10-12-8-15-14(17-6-4-5-7-30-17)9-13(11-39-3)22(32)19(15)23(33)18(12)25(35)28(16,38)26(36)20(24(21)34)27(29)37/h4-7,9,12,16,18,20-21,32,38H,8,10-11H2,1-3H3,(H2,29,37)/t12-,16-,18?,20?,21+,28-/m0/s1. The largest absolute Gasteiger partial charge is 0.507 e. The number of carbonyl (C=O) groups is 5. The minimum absolute atomic E-state index is 0.00111. The highest BCUT2D eigenvalue weighted by atomic mass is 32.2. The molecule has 4 N–H and O–H groups in total. The number of hydrogen-bond donors (Lipinski definition) is 3. The van der Waals surface area contributed by atoms with Crippen molar-refractivity contribution in [3.05, 3.63) is 47.2 Å². The van der Waals surface area contributed by atoms with E-state index in [1.807, 2.05) is 12.3 Å². The van der Waals surface area contributed by atoms with Gasteiger partial charge in [-0.2, -0.15) is 11.8 Å². The third-order valence-electron chi connectivity index (χ3n) is 8.38. The number of benzene rings is 1. The van der Waals surface area contributed by atoms with Gasteiger partial charge in [0.1, 0.15) is 5.75 Å². The Morgan fingerprint density at radius 2 is 1.92 bits per heavy atom. The van der Waals surface area contributed by atoms with Crippen molar-refractivity contribution in [1.82, 2.24) is 9.88 Å². The number of nitrogens with two attached hydrogens (primary N) is 1. The monoisotopic (exact) mass is 551 g/mol. The zero-order valence-corrected chi connectivity index (χ0v) is 22.5. The van der Waals surface area contributed by atoms with Gasteiger partial charge in [0.15, 0.2) is 34.7 Å². The lowest BCUT2D eigenvalue weighted by atomic mass is 9.52. The van der Waals surface area contributed by atoms with Crippen molar-refractivity contribution < 1.29 is 34.2 Å². The minimum Gasteiger partial charge on any atom is -0.507 e. The number of amides is 1. The number of aromatic nitrogens is 1. The Morgan fingerprint density at radius 1 is 1.21 bits per heavy atom. The highest BCUT2D eigenvalue weighted by Gasteiger charge is 2.69. The fourth-order valence-corrected chi connectivity index (χ4v) is 7.27. The number of ketones is 4. The fourth-order valence-electron chi connectivity index (χ4n) is 6.74. The van der Waals surface area contributed by atoms with Crippen LogP contribution in [0.15, 0.2) is 30.5 Å². The Morgan fingerprint density at radius 3 is 2.51 bits per heavy atom. The van der Waals surface area contributed by atoms with Crippen LogP contribution in [0.2, 0.25) is 0 Å². The van der Waals surface area contributed by atoms with Gasteiger partial charge in [0.25, 0.3) is 0 Å². The Kier molecular flexibility index (Phi) is 6.72. The van der Waals surface area contributed by atoms with Crippen molar-refractivity contribution in [2.45, 2.75) is 30.2 Å². The highest BCUT2D eigenvalue weighted by Crippen LogP contribution is 2.52. The van der Waals surface area contributed by atoms with Crippen LogP contribution in [0.1, 0.15) is 27.9 Å². The average Bonchev–Trinajstić information content (AvgIpc) is 2.88. The van der Waals surface area contributed by atoms with Gasteiger partial charge in [-0.05, 0) is 62.9 Å². The van der Waals surface area contributed by atoms with E-state index in [0.717, 1.165) is 0 Å². The Hall–Kier alpha value is -3.41. The summed E-state index contributed by atoms with van der Waals surface area (Å²) in [5.74, 6) is -10.1. The summed E-state index contributed by atoms with van der Waals surface area (Å²) in [6.45, 7) is 0. The van der Waals surface area contributed by atoms with E-state index in [1.54, 1.807) is 38.5 Å². The summed E-state index contributed by atoms with van der Waals surface area (Å²) in [5, 5.41) is 22.9. The van der Waals surface area contributed by atoms with E-state index in [4.69, 9.17) is 5.73 Å². The summed E-state index contributed by atoms with van der Waals surface area (Å²) in [5.41, 5.74) is 4.88. The Bertz CT molecular complexity index is 1430. The molecule has 0 bridgehead atoms. The number of Topliss-reactive ketones (excluding diaryl/α,β-unsaturated/α-hetero) is 4. The van der Waals surface area contributed by atoms with Gasteiger partial charge in [0, 0.05) is 29.0 Å². The van der Waals surface area contributed by atoms with Gasteiger partial charge < -0.3 is 15.9 Å². The number of thioether (sulfide) groups is 1. The molecule has 0 saturated heterocycles. The SMILES string of the molecule is CSCc1cc(-c2ccccn2)c2c(c1O)C(=O)C1C(=O)[C@]3(O)C(=O)C(C(N)=O)C(=O)[C@H](N(C)C)[C@@H]3C[C@@H]1C2. The molecular weight excluding hydrogens is 522 g/mol. The maximum Gasteiger partial charge on any atom is 0.235 e. The predicted octanol–water partition coefficient (Wildman–Crippen LogP) is 0.792. The van der Waals surface area contributed by atoms with Gasteiger partial charge in [-0.25, -0.2) is 0 Å². The zero-order valence-electron chi connectivity index (χ0n) is 21.7. The molecule has 2 fully saturated rings. The topological polar surface area (TPSA) is 168 Å². The second-order valence-electron chi connectivity index (χ2n) is 10.7. The van der Waals surface area contributed by atoms with Crippen molar-refractivity contribution in [3.8, 4) is 17.0 Å². The minimum atomic E-state index is -2.74. The molecule has 5 rings (SSSR count). The summed E-state index contributed by atoms with van der Waals surface area (Å²) >= 11 is 1.44. The van der Waals surface area contributed by atoms with E-state index in [1.165, 1.54) is 16.7 Å². The van der Waals surface area contributed by atoms with E-state index < -0.39 is 64.4 Å². The zero-order chi connectivity index (χ0) is 28.4. The number of rotatable bonds is 5. The number of likely N-dealkylation sites (N-methyl/N-ethyl adjacent to an activating group) is 1. The molecule has 3 aliphatic carbocycles. The molecule has 3 aliphatic rings. The van der Waals surface area contributed by atoms with Crippen LogP contribution in [-0.4, -0.2) is 81.1 Å². The summed E-state index contributed by atoms with van der Waals surface area (Å²) in [7, 11) is 3.11. The average molecular weight is 552 g/mol. The van der Waals surface area contributed by atoms with Crippen molar-refractivity contribution >= 4 is 40.8 Å². The first-order valence-electron chi connectivity index (χ1n) is 12.6. The van der Waals surface area contributed by atoms with Gasteiger partial charge in [-0.15, -0.1) is 0 Å². The van der Waals surface area contributed by atoms with Crippen LogP contribution in [0, 0.1) is 23.7 Å². The third-order valence-corrected chi connectivity index (χ3v) is 8.98. The van der Waals surface area contributed by atoms with Crippen molar-refractivity contribution in [1.29, 1.82) is 0 Å². The number of aliphatic hydroxyl groups is 1. The Labute approximate surface area is 229 Å². The molecule has 0 radical (unpaired) electrons. The van der Waals surface area contributed by atoms with Crippen LogP contribution in [0.3, 0.4) is 0 Å². The summed E-state index contributed by atoms with van der Waals surface area (Å²) < 4.78 is 0. The van der Waals surface area contributed by atoms with Crippen LogP contribution >= 0.6 is 11.8 Å². The van der Waals surface area contributed by atoms with Gasteiger partial charge in [-0.1, -0.05) is 6.07 Å². The number of fused-ring (bicyclic) bond motifs is 3. The van der Waals surface area contributed by atoms with Gasteiger partial charge in [-0.3, -0.25) is 33.9 Å². The first-order valence-corrected chi connectivity index (χ1v) is 14.0. The fraction of sp³-hybridized carbons (Fsp3) is 0.429. The number of primary amides is 1.